The Kier molecular flexibility index (Phi) is 3.22. The molecule has 3 nitrogen and oxygen atoms in total. The number of aryl methyl sites for hydroxylation is 1. The molecule has 3 rings (SSSR count). The number of nitrogens with zero attached hydrogens (tertiary/aromatic N) is 2. The molecule has 1 aromatic heterocycles. The zero-order valence-electron chi connectivity index (χ0n) is 11.2. The average Bonchev–Trinajstić information content (AvgIpc) is 2.46. The fraction of sp³-hybridized carbons (Fsp3) is 0.312. The van der Waals surface area contributed by atoms with E-state index in [9.17, 15) is 0 Å². The van der Waals surface area contributed by atoms with Crippen LogP contribution >= 0.6 is 0 Å². The van der Waals surface area contributed by atoms with Crippen molar-refractivity contribution in [2.45, 2.75) is 25.8 Å². The summed E-state index contributed by atoms with van der Waals surface area (Å²) < 4.78 is 0. The first-order valence-corrected chi connectivity index (χ1v) is 6.83. The van der Waals surface area contributed by atoms with Crippen LogP contribution in [0.5, 0.6) is 0 Å². The van der Waals surface area contributed by atoms with E-state index in [1.807, 2.05) is 19.2 Å². The lowest BCUT2D eigenvalue weighted by molar-refractivity contribution is 0.741. The predicted molar refractivity (Wildman–Crippen MR) is 78.6 cm³/mol. The molecular weight excluding hydrogens is 234 g/mol. The monoisotopic (exact) mass is 253 g/mol. The number of rotatable bonds is 2. The topological polar surface area (TPSA) is 42.1 Å². The van der Waals surface area contributed by atoms with E-state index in [0.717, 1.165) is 30.8 Å². The number of hydrogen-bond acceptors (Lipinski definition) is 3. The number of para-hydroxylation sites is 1. The molecule has 0 amide bonds. The molecule has 0 spiro atoms. The molecule has 0 fully saturated rings. The van der Waals surface area contributed by atoms with Crippen molar-refractivity contribution in [2.24, 2.45) is 5.73 Å². The van der Waals surface area contributed by atoms with E-state index in [0.29, 0.717) is 0 Å². The van der Waals surface area contributed by atoms with Gasteiger partial charge in [0.15, 0.2) is 0 Å². The number of aromatic nitrogens is 1. The van der Waals surface area contributed by atoms with Crippen LogP contribution in [0.4, 0.5) is 11.5 Å². The van der Waals surface area contributed by atoms with Gasteiger partial charge in [-0.25, -0.2) is 4.98 Å². The summed E-state index contributed by atoms with van der Waals surface area (Å²) in [7, 11) is 0. The van der Waals surface area contributed by atoms with E-state index < -0.39 is 0 Å². The van der Waals surface area contributed by atoms with E-state index in [1.165, 1.54) is 11.3 Å². The van der Waals surface area contributed by atoms with Crippen molar-refractivity contribution in [3.05, 3.63) is 53.7 Å². The molecule has 0 saturated carbocycles. The van der Waals surface area contributed by atoms with Gasteiger partial charge in [0.25, 0.3) is 0 Å². The third-order valence-electron chi connectivity index (χ3n) is 3.67. The molecule has 0 aliphatic carbocycles. The molecule has 0 radical (unpaired) electrons. The second-order valence-electron chi connectivity index (χ2n) is 5.09. The molecule has 1 aliphatic rings. The molecule has 0 saturated heterocycles. The third-order valence-corrected chi connectivity index (χ3v) is 3.67. The van der Waals surface area contributed by atoms with Crippen molar-refractivity contribution in [3.63, 3.8) is 0 Å². The van der Waals surface area contributed by atoms with Crippen LogP contribution in [0, 0.1) is 0 Å². The average molecular weight is 253 g/mol. The van der Waals surface area contributed by atoms with E-state index in [4.69, 9.17) is 5.73 Å². The number of nitrogens with two attached hydrogens (primary N) is 1. The molecule has 2 N–H and O–H groups in total. The molecule has 1 aromatic carbocycles. The summed E-state index contributed by atoms with van der Waals surface area (Å²) in [6.45, 7) is 3.02. The molecule has 1 atom stereocenters. The third kappa shape index (κ3) is 2.22. The van der Waals surface area contributed by atoms with Crippen LogP contribution in [0.1, 0.15) is 30.5 Å². The zero-order chi connectivity index (χ0) is 13.2. The van der Waals surface area contributed by atoms with Crippen LogP contribution in [-0.4, -0.2) is 11.5 Å². The number of hydrogen-bond donors (Lipinski definition) is 1. The first-order valence-electron chi connectivity index (χ1n) is 6.83. The van der Waals surface area contributed by atoms with Gasteiger partial charge in [-0.3, -0.25) is 0 Å². The Morgan fingerprint density at radius 3 is 2.89 bits per heavy atom. The van der Waals surface area contributed by atoms with Crippen molar-refractivity contribution in [2.75, 3.05) is 11.4 Å². The fourth-order valence-corrected chi connectivity index (χ4v) is 2.74. The van der Waals surface area contributed by atoms with Crippen molar-refractivity contribution >= 4 is 11.5 Å². The summed E-state index contributed by atoms with van der Waals surface area (Å²) in [6.07, 6.45) is 4.15. The Bertz CT molecular complexity index is 578. The SMILES string of the molecule is C[C@@H](N)c1cccnc1N1CCCc2ccccc21. The van der Waals surface area contributed by atoms with E-state index in [1.54, 1.807) is 0 Å². The molecule has 2 aromatic rings. The first-order chi connectivity index (χ1) is 9.27. The highest BCUT2D eigenvalue weighted by molar-refractivity contribution is 5.67. The van der Waals surface area contributed by atoms with Gasteiger partial charge >= 0.3 is 0 Å². The Hall–Kier alpha value is -1.87. The van der Waals surface area contributed by atoms with Gasteiger partial charge in [-0.05, 0) is 37.5 Å². The highest BCUT2D eigenvalue weighted by Crippen LogP contribution is 2.35. The number of pyridine rings is 1. The zero-order valence-corrected chi connectivity index (χ0v) is 11.2. The molecule has 1 aliphatic heterocycles. The largest absolute Gasteiger partial charge is 0.326 e. The van der Waals surface area contributed by atoms with E-state index >= 15 is 0 Å². The van der Waals surface area contributed by atoms with Gasteiger partial charge in [0.1, 0.15) is 5.82 Å². The molecular formula is C16H19N3. The Morgan fingerprint density at radius 2 is 2.05 bits per heavy atom. The quantitative estimate of drug-likeness (QED) is 0.893. The van der Waals surface area contributed by atoms with Gasteiger partial charge in [-0.1, -0.05) is 24.3 Å². The number of benzene rings is 1. The molecule has 2 heterocycles. The number of fused-ring (bicyclic) bond motifs is 1. The molecule has 0 unspecified atom stereocenters. The van der Waals surface area contributed by atoms with Gasteiger partial charge in [-0.15, -0.1) is 0 Å². The van der Waals surface area contributed by atoms with Crippen LogP contribution in [0.15, 0.2) is 42.6 Å². The minimum absolute atomic E-state index is 0.00205. The maximum Gasteiger partial charge on any atom is 0.137 e. The summed E-state index contributed by atoms with van der Waals surface area (Å²) >= 11 is 0. The highest BCUT2D eigenvalue weighted by Gasteiger charge is 2.21. The summed E-state index contributed by atoms with van der Waals surface area (Å²) in [5.74, 6) is 1.00. The van der Waals surface area contributed by atoms with Crippen LogP contribution < -0.4 is 10.6 Å². The predicted octanol–water partition coefficient (Wildman–Crippen LogP) is 3.19. The summed E-state index contributed by atoms with van der Waals surface area (Å²) in [5.41, 5.74) is 9.86. The van der Waals surface area contributed by atoms with Crippen LogP contribution in [0.25, 0.3) is 0 Å². The number of anilines is 2. The second kappa shape index (κ2) is 5.02. The Labute approximate surface area is 114 Å². The summed E-state index contributed by atoms with van der Waals surface area (Å²) in [5, 5.41) is 0. The van der Waals surface area contributed by atoms with Crippen molar-refractivity contribution < 1.29 is 0 Å². The van der Waals surface area contributed by atoms with E-state index in [-0.39, 0.29) is 6.04 Å². The lowest BCUT2D eigenvalue weighted by atomic mass is 10.0. The molecule has 3 heteroatoms. The smallest absolute Gasteiger partial charge is 0.137 e. The highest BCUT2D eigenvalue weighted by atomic mass is 15.2. The van der Waals surface area contributed by atoms with Crippen LogP contribution in [-0.2, 0) is 6.42 Å². The minimum Gasteiger partial charge on any atom is -0.326 e. The van der Waals surface area contributed by atoms with Crippen LogP contribution in [0.3, 0.4) is 0 Å². The summed E-state index contributed by atoms with van der Waals surface area (Å²) in [6, 6.07) is 12.6. The standard InChI is InChI=1S/C16H19N3/c1-12(17)14-8-4-10-18-16(14)19-11-5-7-13-6-2-3-9-15(13)19/h2-4,6,8-10,12H,5,7,11,17H2,1H3/t12-/m1/s1. The Morgan fingerprint density at radius 1 is 1.21 bits per heavy atom. The maximum atomic E-state index is 6.07. The fourth-order valence-electron chi connectivity index (χ4n) is 2.74. The van der Waals surface area contributed by atoms with Gasteiger partial charge in [-0.2, -0.15) is 0 Å². The maximum absolute atomic E-state index is 6.07. The van der Waals surface area contributed by atoms with Crippen molar-refractivity contribution in [1.82, 2.24) is 4.98 Å². The molecule has 98 valence electrons. The summed E-state index contributed by atoms with van der Waals surface area (Å²) in [4.78, 5) is 6.87. The molecule has 19 heavy (non-hydrogen) atoms. The van der Waals surface area contributed by atoms with Crippen molar-refractivity contribution in [3.8, 4) is 0 Å². The van der Waals surface area contributed by atoms with Gasteiger partial charge in [0.2, 0.25) is 0 Å². The normalized spacial score (nSPS) is 16.0. The van der Waals surface area contributed by atoms with Crippen molar-refractivity contribution in [1.29, 1.82) is 0 Å². The molecule has 0 bridgehead atoms. The van der Waals surface area contributed by atoms with Crippen LogP contribution in [0.2, 0.25) is 0 Å². The minimum atomic E-state index is -0.00205. The lowest BCUT2D eigenvalue weighted by Crippen LogP contribution is -2.27. The van der Waals surface area contributed by atoms with Gasteiger partial charge in [0, 0.05) is 30.0 Å². The second-order valence-corrected chi connectivity index (χ2v) is 5.09. The first kappa shape index (κ1) is 12.2. The van der Waals surface area contributed by atoms with Gasteiger partial charge < -0.3 is 10.6 Å². The van der Waals surface area contributed by atoms with E-state index in [2.05, 4.69) is 40.2 Å². The van der Waals surface area contributed by atoms with Gasteiger partial charge in [0.05, 0.1) is 0 Å². The lowest BCUT2D eigenvalue weighted by Gasteiger charge is -2.32. The Balaban J connectivity index is 2.09.